The summed E-state index contributed by atoms with van der Waals surface area (Å²) in [5, 5.41) is 4.85. The average Bonchev–Trinajstić information content (AvgIpc) is 2.85. The van der Waals surface area contributed by atoms with Gasteiger partial charge in [0, 0.05) is 20.2 Å². The van der Waals surface area contributed by atoms with Crippen LogP contribution in [0.2, 0.25) is 5.02 Å². The number of ether oxygens (including phenoxy) is 2. The van der Waals surface area contributed by atoms with Crippen LogP contribution in [0.4, 0.5) is 0 Å². The lowest BCUT2D eigenvalue weighted by Gasteiger charge is -2.35. The molecule has 20 heavy (non-hydrogen) atoms. The van der Waals surface area contributed by atoms with Crippen LogP contribution in [-0.2, 0) is 16.0 Å². The quantitative estimate of drug-likeness (QED) is 0.846. The van der Waals surface area contributed by atoms with Gasteiger partial charge < -0.3 is 15.2 Å². The molecule has 0 saturated carbocycles. The lowest BCUT2D eigenvalue weighted by molar-refractivity contribution is -0.0405. The zero-order valence-electron chi connectivity index (χ0n) is 12.1. The zero-order valence-corrected chi connectivity index (χ0v) is 12.8. The van der Waals surface area contributed by atoms with Gasteiger partial charge in [-0.2, -0.15) is 5.10 Å². The van der Waals surface area contributed by atoms with E-state index in [9.17, 15) is 0 Å². The largest absolute Gasteiger partial charge is 0.383 e. The Morgan fingerprint density at radius 3 is 3.15 bits per heavy atom. The van der Waals surface area contributed by atoms with E-state index in [2.05, 4.69) is 16.9 Å². The Kier molecular flexibility index (Phi) is 5.80. The summed E-state index contributed by atoms with van der Waals surface area (Å²) in [7, 11) is 1.66. The third-order valence-corrected chi connectivity index (χ3v) is 3.97. The van der Waals surface area contributed by atoms with E-state index in [1.807, 2.05) is 4.68 Å². The number of nitrogens with two attached hydrogens (primary N) is 1. The molecule has 0 spiro atoms. The summed E-state index contributed by atoms with van der Waals surface area (Å²) in [5.41, 5.74) is 7.19. The molecule has 1 aromatic heterocycles. The molecule has 2 heterocycles. The van der Waals surface area contributed by atoms with Crippen LogP contribution in [-0.4, -0.2) is 60.7 Å². The molecule has 7 heteroatoms. The highest BCUT2D eigenvalue weighted by Gasteiger charge is 2.30. The lowest BCUT2D eigenvalue weighted by atomic mass is 10.1. The van der Waals surface area contributed by atoms with Crippen molar-refractivity contribution in [2.45, 2.75) is 25.6 Å². The van der Waals surface area contributed by atoms with E-state index in [-0.39, 0.29) is 12.1 Å². The number of rotatable bonds is 6. The molecule has 1 saturated heterocycles. The molecule has 2 N–H and O–H groups in total. The Balaban J connectivity index is 2.11. The summed E-state index contributed by atoms with van der Waals surface area (Å²) < 4.78 is 12.7. The first-order valence-electron chi connectivity index (χ1n) is 6.97. The van der Waals surface area contributed by atoms with E-state index < -0.39 is 0 Å². The number of likely N-dealkylation sites (N-methyl/N-ethyl adjacent to an activating group) is 1. The van der Waals surface area contributed by atoms with Crippen molar-refractivity contribution in [1.82, 2.24) is 14.7 Å². The van der Waals surface area contributed by atoms with Crippen LogP contribution in [0.15, 0.2) is 6.20 Å². The molecule has 1 aromatic rings. The first kappa shape index (κ1) is 15.7. The van der Waals surface area contributed by atoms with E-state index in [1.165, 1.54) is 0 Å². The molecule has 0 aliphatic carbocycles. The first-order chi connectivity index (χ1) is 9.67. The van der Waals surface area contributed by atoms with Gasteiger partial charge in [0.2, 0.25) is 0 Å². The van der Waals surface area contributed by atoms with Crippen molar-refractivity contribution in [3.8, 4) is 0 Å². The molecule has 6 nitrogen and oxygen atoms in total. The molecule has 0 radical (unpaired) electrons. The molecular formula is C13H23ClN4O2. The van der Waals surface area contributed by atoms with Gasteiger partial charge in [-0.1, -0.05) is 18.5 Å². The lowest BCUT2D eigenvalue weighted by Crippen LogP contribution is -2.47. The summed E-state index contributed by atoms with van der Waals surface area (Å²) in [6.45, 7) is 6.84. The van der Waals surface area contributed by atoms with E-state index in [0.29, 0.717) is 24.8 Å². The van der Waals surface area contributed by atoms with Gasteiger partial charge in [-0.05, 0) is 6.54 Å². The predicted octanol–water partition coefficient (Wildman–Crippen LogP) is 0.903. The molecular weight excluding hydrogens is 280 g/mol. The number of aromatic nitrogens is 2. The molecule has 0 amide bonds. The number of methoxy groups -OCH3 is 1. The van der Waals surface area contributed by atoms with Crippen LogP contribution in [0, 0.1) is 0 Å². The fourth-order valence-electron chi connectivity index (χ4n) is 2.47. The van der Waals surface area contributed by atoms with Crippen molar-refractivity contribution in [3.63, 3.8) is 0 Å². The van der Waals surface area contributed by atoms with Crippen LogP contribution in [0.3, 0.4) is 0 Å². The maximum Gasteiger partial charge on any atom is 0.0910 e. The van der Waals surface area contributed by atoms with E-state index in [1.54, 1.807) is 13.3 Å². The molecule has 0 aromatic carbocycles. The Morgan fingerprint density at radius 2 is 2.45 bits per heavy atom. The van der Waals surface area contributed by atoms with E-state index in [0.717, 1.165) is 25.3 Å². The van der Waals surface area contributed by atoms with Crippen LogP contribution in [0.5, 0.6) is 0 Å². The first-order valence-corrected chi connectivity index (χ1v) is 7.34. The Hall–Kier alpha value is -0.660. The average molecular weight is 303 g/mol. The van der Waals surface area contributed by atoms with E-state index in [4.69, 9.17) is 26.8 Å². The predicted molar refractivity (Wildman–Crippen MR) is 77.9 cm³/mol. The topological polar surface area (TPSA) is 65.5 Å². The van der Waals surface area contributed by atoms with Crippen LogP contribution in [0.25, 0.3) is 0 Å². The van der Waals surface area contributed by atoms with Crippen molar-refractivity contribution in [2.75, 3.05) is 40.0 Å². The number of hydrogen-bond acceptors (Lipinski definition) is 5. The number of nitrogens with zero attached hydrogens (tertiary/aromatic N) is 3. The Labute approximate surface area is 124 Å². The monoisotopic (exact) mass is 302 g/mol. The number of morpholine rings is 1. The third kappa shape index (κ3) is 3.51. The molecule has 114 valence electrons. The Morgan fingerprint density at radius 1 is 1.65 bits per heavy atom. The highest BCUT2D eigenvalue weighted by molar-refractivity contribution is 6.31. The maximum absolute atomic E-state index is 6.37. The zero-order chi connectivity index (χ0) is 14.5. The second-order valence-corrected chi connectivity index (χ2v) is 5.33. The molecule has 1 fully saturated rings. The fraction of sp³-hybridized carbons (Fsp3) is 0.769. The minimum absolute atomic E-state index is 0.0563. The fourth-order valence-corrected chi connectivity index (χ4v) is 2.74. The van der Waals surface area contributed by atoms with E-state index >= 15 is 0 Å². The second-order valence-electron chi connectivity index (χ2n) is 4.92. The molecule has 1 aliphatic rings. The van der Waals surface area contributed by atoms with Crippen molar-refractivity contribution < 1.29 is 9.47 Å². The standard InChI is InChI=1S/C13H23ClN4O2/c1-3-17-4-7-20-11(9-17)12(15)13-10(14)8-16-18(13)5-6-19-2/h8,11-12H,3-7,9,15H2,1-2H3. The van der Waals surface area contributed by atoms with Gasteiger partial charge in [0.05, 0.1) is 48.8 Å². The van der Waals surface area contributed by atoms with Crippen LogP contribution in [0.1, 0.15) is 18.7 Å². The van der Waals surface area contributed by atoms with Crippen molar-refractivity contribution in [2.24, 2.45) is 5.73 Å². The van der Waals surface area contributed by atoms with Gasteiger partial charge in [0.1, 0.15) is 0 Å². The molecule has 2 atom stereocenters. The van der Waals surface area contributed by atoms with Crippen molar-refractivity contribution in [1.29, 1.82) is 0 Å². The van der Waals surface area contributed by atoms with Crippen LogP contribution < -0.4 is 5.73 Å². The number of hydrogen-bond donors (Lipinski definition) is 1. The normalized spacial score (nSPS) is 22.1. The van der Waals surface area contributed by atoms with Gasteiger partial charge in [-0.3, -0.25) is 9.58 Å². The van der Waals surface area contributed by atoms with Gasteiger partial charge in [-0.15, -0.1) is 0 Å². The SMILES string of the molecule is CCN1CCOC(C(N)c2c(Cl)cnn2CCOC)C1. The second kappa shape index (κ2) is 7.38. The summed E-state index contributed by atoms with van der Waals surface area (Å²) in [6, 6.07) is -0.281. The summed E-state index contributed by atoms with van der Waals surface area (Å²) >= 11 is 6.23. The molecule has 2 unspecified atom stereocenters. The Bertz CT molecular complexity index is 427. The van der Waals surface area contributed by atoms with Gasteiger partial charge >= 0.3 is 0 Å². The summed E-state index contributed by atoms with van der Waals surface area (Å²) in [5.74, 6) is 0. The maximum atomic E-state index is 6.37. The summed E-state index contributed by atoms with van der Waals surface area (Å²) in [6.07, 6.45) is 1.58. The number of halogens is 1. The van der Waals surface area contributed by atoms with Crippen molar-refractivity contribution >= 4 is 11.6 Å². The minimum Gasteiger partial charge on any atom is -0.383 e. The van der Waals surface area contributed by atoms with Crippen molar-refractivity contribution in [3.05, 3.63) is 16.9 Å². The molecule has 0 bridgehead atoms. The third-order valence-electron chi connectivity index (χ3n) is 3.68. The highest BCUT2D eigenvalue weighted by atomic mass is 35.5. The van der Waals surface area contributed by atoms with Crippen LogP contribution >= 0.6 is 11.6 Å². The smallest absolute Gasteiger partial charge is 0.0910 e. The summed E-state index contributed by atoms with van der Waals surface area (Å²) in [4.78, 5) is 2.33. The van der Waals surface area contributed by atoms with Gasteiger partial charge in [0.15, 0.2) is 0 Å². The highest BCUT2D eigenvalue weighted by Crippen LogP contribution is 2.26. The van der Waals surface area contributed by atoms with Gasteiger partial charge in [-0.25, -0.2) is 0 Å². The molecule has 1 aliphatic heterocycles. The van der Waals surface area contributed by atoms with Gasteiger partial charge in [0.25, 0.3) is 0 Å². The minimum atomic E-state index is -0.281. The molecule has 2 rings (SSSR count).